The molecular weight excluding hydrogens is 505 g/mol. The Labute approximate surface area is 217 Å². The van der Waals surface area contributed by atoms with E-state index in [1.54, 1.807) is 60.7 Å². The van der Waals surface area contributed by atoms with Gasteiger partial charge in [-0.1, -0.05) is 23.2 Å². The second-order valence-corrected chi connectivity index (χ2v) is 8.38. The van der Waals surface area contributed by atoms with E-state index >= 15 is 0 Å². The van der Waals surface area contributed by atoms with Crippen LogP contribution in [0.3, 0.4) is 0 Å². The van der Waals surface area contributed by atoms with Crippen LogP contribution < -0.4 is 25.0 Å². The zero-order valence-corrected chi connectivity index (χ0v) is 20.8. The van der Waals surface area contributed by atoms with E-state index < -0.39 is 11.8 Å². The van der Waals surface area contributed by atoms with Gasteiger partial charge in [-0.2, -0.15) is 0 Å². The van der Waals surface area contributed by atoms with Gasteiger partial charge in [-0.25, -0.2) is 4.90 Å². The maximum Gasteiger partial charge on any atom is 0.283 e. The van der Waals surface area contributed by atoms with E-state index in [2.05, 4.69) is 10.6 Å². The summed E-state index contributed by atoms with van der Waals surface area (Å²) < 4.78 is 10.7. The predicted octanol–water partition coefficient (Wildman–Crippen LogP) is 5.44. The summed E-state index contributed by atoms with van der Waals surface area (Å²) in [5.74, 6) is -0.686. The maximum absolute atomic E-state index is 13.1. The monoisotopic (exact) mass is 525 g/mol. The molecule has 4 rings (SSSR count). The molecule has 36 heavy (non-hydrogen) atoms. The van der Waals surface area contributed by atoms with Gasteiger partial charge in [0.15, 0.2) is 0 Å². The lowest BCUT2D eigenvalue weighted by Gasteiger charge is -2.18. The van der Waals surface area contributed by atoms with E-state index in [0.29, 0.717) is 34.3 Å². The first kappa shape index (κ1) is 25.1. The van der Waals surface area contributed by atoms with E-state index in [1.807, 2.05) is 6.92 Å². The number of halogens is 2. The third kappa shape index (κ3) is 5.15. The van der Waals surface area contributed by atoms with Crippen LogP contribution in [-0.4, -0.2) is 31.4 Å². The van der Waals surface area contributed by atoms with Gasteiger partial charge in [0, 0.05) is 22.0 Å². The summed E-state index contributed by atoms with van der Waals surface area (Å²) in [5.41, 5.74) is 1.55. The van der Waals surface area contributed by atoms with Crippen molar-refractivity contribution in [3.8, 4) is 11.5 Å². The topological polar surface area (TPSA) is 97.0 Å². The number of amides is 3. The van der Waals surface area contributed by atoms with Crippen molar-refractivity contribution in [3.05, 3.63) is 88.0 Å². The van der Waals surface area contributed by atoms with Crippen LogP contribution in [0.2, 0.25) is 5.02 Å². The lowest BCUT2D eigenvalue weighted by molar-refractivity contribution is -0.120. The molecule has 1 aliphatic rings. The van der Waals surface area contributed by atoms with Gasteiger partial charge in [0.2, 0.25) is 0 Å². The zero-order chi connectivity index (χ0) is 25.8. The number of methoxy groups -OCH3 is 1. The largest absolute Gasteiger partial charge is 0.495 e. The van der Waals surface area contributed by atoms with E-state index in [0.717, 1.165) is 4.90 Å². The molecule has 10 heteroatoms. The Hall–Kier alpha value is -4.01. The van der Waals surface area contributed by atoms with Crippen LogP contribution in [-0.2, 0) is 9.59 Å². The summed E-state index contributed by atoms with van der Waals surface area (Å²) in [4.78, 5) is 39.4. The van der Waals surface area contributed by atoms with Crippen molar-refractivity contribution in [2.75, 3.05) is 29.3 Å². The van der Waals surface area contributed by atoms with Crippen molar-refractivity contribution in [1.29, 1.82) is 0 Å². The molecule has 0 aliphatic carbocycles. The first-order valence-corrected chi connectivity index (χ1v) is 11.6. The SMILES string of the molecule is CCOc1ccc(NC(=O)c2ccc(NC3=C(Cl)C(=O)N(c4cc(Cl)ccc4OC)C3=O)cc2)cc1. The lowest BCUT2D eigenvalue weighted by Crippen LogP contribution is -2.32. The lowest BCUT2D eigenvalue weighted by atomic mass is 10.2. The number of nitrogens with one attached hydrogen (secondary N) is 2. The Kier molecular flexibility index (Phi) is 7.47. The van der Waals surface area contributed by atoms with Crippen LogP contribution in [0.15, 0.2) is 77.5 Å². The molecule has 0 fully saturated rings. The van der Waals surface area contributed by atoms with E-state index in [4.69, 9.17) is 32.7 Å². The molecule has 0 spiro atoms. The fourth-order valence-electron chi connectivity index (χ4n) is 3.52. The highest BCUT2D eigenvalue weighted by Crippen LogP contribution is 2.37. The molecule has 0 aromatic heterocycles. The van der Waals surface area contributed by atoms with Crippen molar-refractivity contribution in [2.24, 2.45) is 0 Å². The quantitative estimate of drug-likeness (QED) is 0.380. The van der Waals surface area contributed by atoms with Gasteiger partial charge in [-0.05, 0) is 73.7 Å². The van der Waals surface area contributed by atoms with Crippen molar-refractivity contribution in [1.82, 2.24) is 0 Å². The molecular formula is C26H21Cl2N3O5. The van der Waals surface area contributed by atoms with Gasteiger partial charge in [-0.3, -0.25) is 14.4 Å². The normalized spacial score (nSPS) is 13.2. The molecule has 1 aliphatic heterocycles. The first-order valence-electron chi connectivity index (χ1n) is 10.9. The number of rotatable bonds is 8. The Morgan fingerprint density at radius 3 is 2.22 bits per heavy atom. The first-order chi connectivity index (χ1) is 17.3. The van der Waals surface area contributed by atoms with Gasteiger partial charge in [0.1, 0.15) is 22.2 Å². The van der Waals surface area contributed by atoms with Crippen LogP contribution in [0.5, 0.6) is 11.5 Å². The minimum absolute atomic E-state index is 0.102. The van der Waals surface area contributed by atoms with E-state index in [9.17, 15) is 14.4 Å². The Morgan fingerprint density at radius 2 is 1.58 bits per heavy atom. The van der Waals surface area contributed by atoms with Gasteiger partial charge < -0.3 is 20.1 Å². The minimum atomic E-state index is -0.712. The molecule has 0 saturated heterocycles. The second-order valence-electron chi connectivity index (χ2n) is 7.56. The number of carbonyl (C=O) groups is 3. The van der Waals surface area contributed by atoms with Crippen LogP contribution in [0.1, 0.15) is 17.3 Å². The molecule has 0 atom stereocenters. The average molecular weight is 526 g/mol. The molecule has 3 aromatic rings. The highest BCUT2D eigenvalue weighted by atomic mass is 35.5. The third-order valence-electron chi connectivity index (χ3n) is 5.25. The van der Waals surface area contributed by atoms with Crippen LogP contribution in [0.4, 0.5) is 17.1 Å². The molecule has 2 N–H and O–H groups in total. The smallest absolute Gasteiger partial charge is 0.283 e. The number of imide groups is 1. The fourth-order valence-corrected chi connectivity index (χ4v) is 3.90. The van der Waals surface area contributed by atoms with Gasteiger partial charge in [0.25, 0.3) is 17.7 Å². The molecule has 1 heterocycles. The van der Waals surface area contributed by atoms with E-state index in [-0.39, 0.29) is 28.1 Å². The summed E-state index contributed by atoms with van der Waals surface area (Å²) in [7, 11) is 1.42. The molecule has 3 aromatic carbocycles. The summed E-state index contributed by atoms with van der Waals surface area (Å²) in [5, 5.41) is 5.72. The van der Waals surface area contributed by atoms with Crippen molar-refractivity contribution < 1.29 is 23.9 Å². The standard InChI is InChI=1S/C26H21Cl2N3O5/c1-3-36-19-11-9-18(10-12-19)30-24(32)15-4-7-17(8-5-15)29-23-22(28)25(33)31(26(23)34)20-14-16(27)6-13-21(20)35-2/h4-14,29H,3H2,1-2H3,(H,30,32). The fraction of sp³-hybridized carbons (Fsp3) is 0.115. The molecule has 0 bridgehead atoms. The third-order valence-corrected chi connectivity index (χ3v) is 5.83. The number of carbonyl (C=O) groups excluding carboxylic acids is 3. The predicted molar refractivity (Wildman–Crippen MR) is 139 cm³/mol. The van der Waals surface area contributed by atoms with Crippen LogP contribution in [0, 0.1) is 0 Å². The van der Waals surface area contributed by atoms with Crippen LogP contribution >= 0.6 is 23.2 Å². The number of nitrogens with zero attached hydrogens (tertiary/aromatic N) is 1. The van der Waals surface area contributed by atoms with Gasteiger partial charge in [0.05, 0.1) is 19.4 Å². The number of benzene rings is 3. The summed E-state index contributed by atoms with van der Waals surface area (Å²) >= 11 is 12.3. The summed E-state index contributed by atoms with van der Waals surface area (Å²) in [6.45, 7) is 2.45. The van der Waals surface area contributed by atoms with Crippen molar-refractivity contribution in [2.45, 2.75) is 6.92 Å². The molecule has 0 radical (unpaired) electrons. The van der Waals surface area contributed by atoms with Crippen molar-refractivity contribution >= 4 is 58.0 Å². The number of hydrogen-bond acceptors (Lipinski definition) is 6. The van der Waals surface area contributed by atoms with Gasteiger partial charge in [-0.15, -0.1) is 0 Å². The maximum atomic E-state index is 13.1. The number of ether oxygens (including phenoxy) is 2. The molecule has 3 amide bonds. The molecule has 8 nitrogen and oxygen atoms in total. The zero-order valence-electron chi connectivity index (χ0n) is 19.3. The summed E-state index contributed by atoms with van der Waals surface area (Å²) in [6, 6.07) is 18.0. The molecule has 184 valence electrons. The number of anilines is 3. The number of hydrogen-bond donors (Lipinski definition) is 2. The molecule has 0 unspecified atom stereocenters. The van der Waals surface area contributed by atoms with Crippen LogP contribution in [0.25, 0.3) is 0 Å². The van der Waals surface area contributed by atoms with Crippen molar-refractivity contribution in [3.63, 3.8) is 0 Å². The molecule has 0 saturated carbocycles. The second kappa shape index (κ2) is 10.7. The highest BCUT2D eigenvalue weighted by Gasteiger charge is 2.40. The Morgan fingerprint density at radius 1 is 0.917 bits per heavy atom. The van der Waals surface area contributed by atoms with Gasteiger partial charge >= 0.3 is 0 Å². The van der Waals surface area contributed by atoms with E-state index in [1.165, 1.54) is 13.2 Å². The minimum Gasteiger partial charge on any atom is -0.495 e. The Balaban J connectivity index is 1.47. The average Bonchev–Trinajstić information content (AvgIpc) is 3.08. The Bertz CT molecular complexity index is 1350. The summed E-state index contributed by atoms with van der Waals surface area (Å²) in [6.07, 6.45) is 0. The highest BCUT2D eigenvalue weighted by molar-refractivity contribution is 6.53.